The fraction of sp³-hybridized carbons (Fsp3) is 0.400. The van der Waals surface area contributed by atoms with Gasteiger partial charge in [-0.2, -0.15) is 0 Å². The van der Waals surface area contributed by atoms with Gasteiger partial charge in [-0.3, -0.25) is 14.5 Å². The van der Waals surface area contributed by atoms with Crippen LogP contribution in [0.4, 0.5) is 5.69 Å². The lowest BCUT2D eigenvalue weighted by Crippen LogP contribution is -2.45. The summed E-state index contributed by atoms with van der Waals surface area (Å²) >= 11 is 0. The minimum absolute atomic E-state index is 0.111. The first-order chi connectivity index (χ1) is 9.91. The van der Waals surface area contributed by atoms with Crippen molar-refractivity contribution < 1.29 is 24.6 Å². The molecule has 2 atom stereocenters. The fourth-order valence-electron chi connectivity index (χ4n) is 2.56. The Morgan fingerprint density at radius 3 is 2.57 bits per heavy atom. The van der Waals surface area contributed by atoms with E-state index in [1.807, 2.05) is 0 Å². The highest BCUT2D eigenvalue weighted by molar-refractivity contribution is 6.02. The Morgan fingerprint density at radius 1 is 1.29 bits per heavy atom. The zero-order valence-electron chi connectivity index (χ0n) is 11.7. The van der Waals surface area contributed by atoms with Crippen molar-refractivity contribution in [3.05, 3.63) is 29.8 Å². The van der Waals surface area contributed by atoms with Gasteiger partial charge >= 0.3 is 11.9 Å². The van der Waals surface area contributed by atoms with E-state index in [-0.39, 0.29) is 25.2 Å². The van der Waals surface area contributed by atoms with E-state index in [4.69, 9.17) is 5.11 Å². The number of carboxylic acids is 2. The molecule has 2 N–H and O–H groups in total. The molecule has 1 unspecified atom stereocenters. The molecule has 112 valence electrons. The van der Waals surface area contributed by atoms with Gasteiger partial charge in [0.15, 0.2) is 0 Å². The summed E-state index contributed by atoms with van der Waals surface area (Å²) in [7, 11) is 0. The molecule has 1 aromatic rings. The smallest absolute Gasteiger partial charge is 0.327 e. The van der Waals surface area contributed by atoms with Crippen LogP contribution in [-0.2, 0) is 20.8 Å². The number of carbonyl (C=O) groups is 3. The lowest BCUT2D eigenvalue weighted by atomic mass is 10.0. The largest absolute Gasteiger partial charge is 0.481 e. The third kappa shape index (κ3) is 3.04. The Bertz CT molecular complexity index is 583. The standard InChI is InChI=1S/C15H17NO5/c1-9(6-7-13(17)18)14(19)16-11-5-3-2-4-10(11)8-12(16)15(20)21/h2-5,9,12H,6-8H2,1H3,(H,17,18)(H,20,21)/t9-,12?/m1/s1. The number of carboxylic acid groups (broad SMARTS) is 2. The van der Waals surface area contributed by atoms with E-state index >= 15 is 0 Å². The Morgan fingerprint density at radius 2 is 1.95 bits per heavy atom. The molecule has 1 aromatic carbocycles. The van der Waals surface area contributed by atoms with Crippen molar-refractivity contribution in [1.82, 2.24) is 0 Å². The molecular weight excluding hydrogens is 274 g/mol. The second-order valence-electron chi connectivity index (χ2n) is 5.23. The van der Waals surface area contributed by atoms with Crippen molar-refractivity contribution in [1.29, 1.82) is 0 Å². The van der Waals surface area contributed by atoms with Crippen LogP contribution in [0.25, 0.3) is 0 Å². The molecule has 0 bridgehead atoms. The van der Waals surface area contributed by atoms with Crippen molar-refractivity contribution in [3.63, 3.8) is 0 Å². The molecule has 0 aliphatic carbocycles. The molecule has 1 heterocycles. The van der Waals surface area contributed by atoms with Crippen LogP contribution in [0.1, 0.15) is 25.3 Å². The first kappa shape index (κ1) is 15.0. The van der Waals surface area contributed by atoms with Gasteiger partial charge in [0.2, 0.25) is 5.91 Å². The predicted octanol–water partition coefficient (Wildman–Crippen LogP) is 1.53. The summed E-state index contributed by atoms with van der Waals surface area (Å²) in [6.07, 6.45) is 0.363. The quantitative estimate of drug-likeness (QED) is 0.857. The van der Waals surface area contributed by atoms with Gasteiger partial charge in [0.25, 0.3) is 0 Å². The number of amides is 1. The highest BCUT2D eigenvalue weighted by atomic mass is 16.4. The average Bonchev–Trinajstić information content (AvgIpc) is 2.83. The van der Waals surface area contributed by atoms with Gasteiger partial charge in [-0.1, -0.05) is 25.1 Å². The van der Waals surface area contributed by atoms with Crippen LogP contribution in [0.3, 0.4) is 0 Å². The monoisotopic (exact) mass is 291 g/mol. The normalized spacial score (nSPS) is 18.1. The summed E-state index contributed by atoms with van der Waals surface area (Å²) < 4.78 is 0. The molecule has 6 heteroatoms. The number of hydrogen-bond donors (Lipinski definition) is 2. The van der Waals surface area contributed by atoms with Gasteiger partial charge in [-0.15, -0.1) is 0 Å². The average molecular weight is 291 g/mol. The van der Waals surface area contributed by atoms with Gasteiger partial charge < -0.3 is 10.2 Å². The summed E-state index contributed by atoms with van der Waals surface area (Å²) in [6, 6.07) is 6.17. The Hall–Kier alpha value is -2.37. The highest BCUT2D eigenvalue weighted by Crippen LogP contribution is 2.33. The molecule has 0 fully saturated rings. The fourth-order valence-corrected chi connectivity index (χ4v) is 2.56. The zero-order chi connectivity index (χ0) is 15.6. The molecule has 0 spiro atoms. The van der Waals surface area contributed by atoms with Crippen LogP contribution in [-0.4, -0.2) is 34.1 Å². The van der Waals surface area contributed by atoms with Gasteiger partial charge in [0.1, 0.15) is 6.04 Å². The number of hydrogen-bond acceptors (Lipinski definition) is 3. The minimum Gasteiger partial charge on any atom is -0.481 e. The summed E-state index contributed by atoms with van der Waals surface area (Å²) in [5.41, 5.74) is 1.43. The Kier molecular flexibility index (Phi) is 4.26. The van der Waals surface area contributed by atoms with Crippen molar-refractivity contribution >= 4 is 23.5 Å². The maximum absolute atomic E-state index is 12.5. The molecule has 1 aliphatic rings. The van der Waals surface area contributed by atoms with E-state index in [2.05, 4.69) is 0 Å². The van der Waals surface area contributed by atoms with Crippen molar-refractivity contribution in [3.8, 4) is 0 Å². The van der Waals surface area contributed by atoms with Crippen LogP contribution in [0.15, 0.2) is 24.3 Å². The van der Waals surface area contributed by atoms with Gasteiger partial charge in [-0.05, 0) is 18.1 Å². The Labute approximate surface area is 122 Å². The van der Waals surface area contributed by atoms with Gasteiger partial charge in [0, 0.05) is 24.4 Å². The van der Waals surface area contributed by atoms with E-state index in [1.165, 1.54) is 4.90 Å². The molecule has 0 saturated heterocycles. The molecule has 21 heavy (non-hydrogen) atoms. The number of carbonyl (C=O) groups excluding carboxylic acids is 1. The minimum atomic E-state index is -1.05. The van der Waals surface area contributed by atoms with Crippen molar-refractivity contribution in [2.24, 2.45) is 5.92 Å². The number of nitrogens with zero attached hydrogens (tertiary/aromatic N) is 1. The van der Waals surface area contributed by atoms with E-state index in [9.17, 15) is 19.5 Å². The summed E-state index contributed by atoms with van der Waals surface area (Å²) in [5.74, 6) is -2.89. The van der Waals surface area contributed by atoms with Crippen molar-refractivity contribution in [2.45, 2.75) is 32.2 Å². The van der Waals surface area contributed by atoms with Gasteiger partial charge in [0.05, 0.1) is 0 Å². The maximum atomic E-state index is 12.5. The number of aliphatic carboxylic acids is 2. The molecule has 0 radical (unpaired) electrons. The molecular formula is C15H17NO5. The maximum Gasteiger partial charge on any atom is 0.327 e. The molecule has 1 aliphatic heterocycles. The zero-order valence-corrected chi connectivity index (χ0v) is 11.7. The third-order valence-electron chi connectivity index (χ3n) is 3.71. The summed E-state index contributed by atoms with van der Waals surface area (Å²) in [6.45, 7) is 1.63. The van der Waals surface area contributed by atoms with E-state index < -0.39 is 23.9 Å². The first-order valence-electron chi connectivity index (χ1n) is 6.77. The lowest BCUT2D eigenvalue weighted by molar-refractivity contribution is -0.141. The Balaban J connectivity index is 2.24. The molecule has 0 aromatic heterocycles. The number of anilines is 1. The number of benzene rings is 1. The summed E-state index contributed by atoms with van der Waals surface area (Å²) in [5, 5.41) is 18.0. The second-order valence-corrected chi connectivity index (χ2v) is 5.23. The SMILES string of the molecule is C[C@H](CCC(=O)O)C(=O)N1c2ccccc2CC1C(=O)O. The van der Waals surface area contributed by atoms with Gasteiger partial charge in [-0.25, -0.2) is 4.79 Å². The molecule has 6 nitrogen and oxygen atoms in total. The van der Waals surface area contributed by atoms with Crippen LogP contribution >= 0.6 is 0 Å². The number of para-hydroxylation sites is 1. The number of fused-ring (bicyclic) bond motifs is 1. The van der Waals surface area contributed by atoms with E-state index in [0.717, 1.165) is 5.56 Å². The summed E-state index contributed by atoms with van der Waals surface area (Å²) in [4.78, 5) is 35.8. The van der Waals surface area contributed by atoms with E-state index in [0.29, 0.717) is 5.69 Å². The van der Waals surface area contributed by atoms with Crippen LogP contribution in [0, 0.1) is 5.92 Å². The lowest BCUT2D eigenvalue weighted by Gasteiger charge is -2.25. The van der Waals surface area contributed by atoms with Crippen LogP contribution in [0.2, 0.25) is 0 Å². The predicted molar refractivity (Wildman–Crippen MR) is 75.1 cm³/mol. The first-order valence-corrected chi connectivity index (χ1v) is 6.77. The second kappa shape index (κ2) is 5.95. The topological polar surface area (TPSA) is 94.9 Å². The number of rotatable bonds is 5. The van der Waals surface area contributed by atoms with E-state index in [1.54, 1.807) is 31.2 Å². The van der Waals surface area contributed by atoms with Crippen LogP contribution < -0.4 is 4.90 Å². The molecule has 0 saturated carbocycles. The molecule has 2 rings (SSSR count). The highest BCUT2D eigenvalue weighted by Gasteiger charge is 2.39. The van der Waals surface area contributed by atoms with Crippen LogP contribution in [0.5, 0.6) is 0 Å². The van der Waals surface area contributed by atoms with Crippen molar-refractivity contribution in [2.75, 3.05) is 4.90 Å². The third-order valence-corrected chi connectivity index (χ3v) is 3.71. The molecule has 1 amide bonds.